The first kappa shape index (κ1) is 20.0. The van der Waals surface area contributed by atoms with E-state index < -0.39 is 0 Å². The SMILES string of the molecule is CCc1cc(C(=O)N2C[C@@H]3C[C@@H](C2)[C@H](CNC(=O)C2CCC2)N2CCCC[C@@H]32)n[nH]1. The van der Waals surface area contributed by atoms with Gasteiger partial charge in [-0.25, -0.2) is 0 Å². The zero-order chi connectivity index (χ0) is 20.7. The highest BCUT2D eigenvalue weighted by Crippen LogP contribution is 2.41. The summed E-state index contributed by atoms with van der Waals surface area (Å²) in [5.74, 6) is 1.49. The normalized spacial score (nSPS) is 31.7. The smallest absolute Gasteiger partial charge is 0.274 e. The van der Waals surface area contributed by atoms with Gasteiger partial charge in [0.1, 0.15) is 5.69 Å². The molecule has 2 bridgehead atoms. The number of nitrogens with zero attached hydrogens (tertiary/aromatic N) is 3. The Labute approximate surface area is 178 Å². The molecule has 30 heavy (non-hydrogen) atoms. The van der Waals surface area contributed by atoms with Gasteiger partial charge in [0.25, 0.3) is 5.91 Å². The van der Waals surface area contributed by atoms with Crippen LogP contribution < -0.4 is 5.32 Å². The lowest BCUT2D eigenvalue weighted by Crippen LogP contribution is -2.66. The van der Waals surface area contributed by atoms with E-state index in [0.717, 1.165) is 51.1 Å². The van der Waals surface area contributed by atoms with Crippen LogP contribution in [-0.2, 0) is 11.2 Å². The molecule has 1 aliphatic carbocycles. The number of nitrogens with one attached hydrogen (secondary N) is 2. The van der Waals surface area contributed by atoms with E-state index in [2.05, 4.69) is 27.3 Å². The Kier molecular flexibility index (Phi) is 5.56. The molecule has 164 valence electrons. The van der Waals surface area contributed by atoms with E-state index in [1.165, 1.54) is 32.1 Å². The van der Waals surface area contributed by atoms with Crippen LogP contribution in [0.15, 0.2) is 6.07 Å². The van der Waals surface area contributed by atoms with Crippen molar-refractivity contribution in [2.75, 3.05) is 26.2 Å². The number of rotatable bonds is 5. The van der Waals surface area contributed by atoms with Crippen LogP contribution in [0.4, 0.5) is 0 Å². The molecule has 0 unspecified atom stereocenters. The summed E-state index contributed by atoms with van der Waals surface area (Å²) in [6, 6.07) is 2.79. The van der Waals surface area contributed by atoms with Gasteiger partial charge in [-0.05, 0) is 63.0 Å². The molecule has 7 nitrogen and oxygen atoms in total. The number of fused-ring (bicyclic) bond motifs is 4. The van der Waals surface area contributed by atoms with Gasteiger partial charge in [-0.15, -0.1) is 0 Å². The summed E-state index contributed by atoms with van der Waals surface area (Å²) < 4.78 is 0. The standard InChI is InChI=1S/C23H35N5O2/c1-2-18-11-19(26-25-18)23(30)27-13-16-10-17(14-27)21(28-9-4-3-8-20(16)28)12-24-22(29)15-6-5-7-15/h11,15-17,20-21H,2-10,12-14H2,1H3,(H,24,29)(H,25,26)/t16-,17-,20-,21-/m0/s1. The van der Waals surface area contributed by atoms with Crippen molar-refractivity contribution in [3.63, 3.8) is 0 Å². The summed E-state index contributed by atoms with van der Waals surface area (Å²) in [6.07, 6.45) is 9.04. The number of likely N-dealkylation sites (tertiary alicyclic amines) is 1. The molecule has 4 aliphatic rings. The first-order valence-electron chi connectivity index (χ1n) is 12.0. The fourth-order valence-corrected chi connectivity index (χ4v) is 6.19. The van der Waals surface area contributed by atoms with Gasteiger partial charge < -0.3 is 10.2 Å². The number of piperidine rings is 3. The molecule has 4 heterocycles. The Morgan fingerprint density at radius 3 is 2.73 bits per heavy atom. The van der Waals surface area contributed by atoms with Gasteiger partial charge in [0.05, 0.1) is 0 Å². The number of carbonyl (C=O) groups excluding carboxylic acids is 2. The highest BCUT2D eigenvalue weighted by atomic mass is 16.2. The third-order valence-electron chi connectivity index (χ3n) is 8.10. The average Bonchev–Trinajstić information content (AvgIpc) is 3.21. The number of aromatic amines is 1. The van der Waals surface area contributed by atoms with Crippen LogP contribution in [0.5, 0.6) is 0 Å². The highest BCUT2D eigenvalue weighted by Gasteiger charge is 2.48. The zero-order valence-electron chi connectivity index (χ0n) is 18.1. The number of aryl methyl sites for hydroxylation is 1. The van der Waals surface area contributed by atoms with E-state index in [0.29, 0.717) is 29.6 Å². The molecule has 2 N–H and O–H groups in total. The van der Waals surface area contributed by atoms with Crippen LogP contribution in [0, 0.1) is 17.8 Å². The first-order valence-corrected chi connectivity index (χ1v) is 12.0. The average molecular weight is 414 g/mol. The van der Waals surface area contributed by atoms with E-state index in [1.54, 1.807) is 0 Å². The Morgan fingerprint density at radius 1 is 1.17 bits per heavy atom. The minimum Gasteiger partial charge on any atom is -0.354 e. The molecule has 0 spiro atoms. The van der Waals surface area contributed by atoms with Gasteiger partial charge in [0.15, 0.2) is 0 Å². The fourth-order valence-electron chi connectivity index (χ4n) is 6.19. The quantitative estimate of drug-likeness (QED) is 0.775. The Bertz CT molecular complexity index is 788. The van der Waals surface area contributed by atoms with Crippen LogP contribution in [0.2, 0.25) is 0 Å². The number of hydrogen-bond acceptors (Lipinski definition) is 4. The second-order valence-corrected chi connectivity index (χ2v) is 9.84. The second-order valence-electron chi connectivity index (χ2n) is 9.84. The number of amides is 2. The number of hydrogen-bond donors (Lipinski definition) is 2. The Balaban J connectivity index is 1.31. The summed E-state index contributed by atoms with van der Waals surface area (Å²) in [5, 5.41) is 10.5. The minimum atomic E-state index is 0.0576. The molecule has 7 heteroatoms. The van der Waals surface area contributed by atoms with Gasteiger partial charge in [-0.2, -0.15) is 5.10 Å². The van der Waals surface area contributed by atoms with E-state index in [-0.39, 0.29) is 17.7 Å². The summed E-state index contributed by atoms with van der Waals surface area (Å²) in [4.78, 5) is 30.4. The summed E-state index contributed by atoms with van der Waals surface area (Å²) >= 11 is 0. The third-order valence-corrected chi connectivity index (χ3v) is 8.10. The number of H-pyrrole nitrogens is 1. The molecule has 4 fully saturated rings. The van der Waals surface area contributed by atoms with E-state index in [1.807, 2.05) is 11.0 Å². The van der Waals surface area contributed by atoms with Crippen molar-refractivity contribution in [3.05, 3.63) is 17.5 Å². The molecular formula is C23H35N5O2. The maximum Gasteiger partial charge on any atom is 0.274 e. The largest absolute Gasteiger partial charge is 0.354 e. The van der Waals surface area contributed by atoms with Crippen LogP contribution in [0.3, 0.4) is 0 Å². The fraction of sp³-hybridized carbons (Fsp3) is 0.783. The predicted molar refractivity (Wildman–Crippen MR) is 114 cm³/mol. The lowest BCUT2D eigenvalue weighted by molar-refractivity contribution is -0.128. The number of aromatic nitrogens is 2. The Morgan fingerprint density at radius 2 is 2.00 bits per heavy atom. The second kappa shape index (κ2) is 8.33. The molecule has 1 saturated carbocycles. The lowest BCUT2D eigenvalue weighted by Gasteiger charge is -2.56. The predicted octanol–water partition coefficient (Wildman–Crippen LogP) is 2.20. The van der Waals surface area contributed by atoms with Gasteiger partial charge in [-0.3, -0.25) is 19.6 Å². The highest BCUT2D eigenvalue weighted by molar-refractivity contribution is 5.92. The molecule has 0 radical (unpaired) electrons. The molecule has 0 aromatic carbocycles. The van der Waals surface area contributed by atoms with E-state index >= 15 is 0 Å². The van der Waals surface area contributed by atoms with Crippen molar-refractivity contribution >= 4 is 11.8 Å². The molecule has 1 aromatic heterocycles. The molecule has 3 saturated heterocycles. The van der Waals surface area contributed by atoms with Crippen molar-refractivity contribution in [2.24, 2.45) is 17.8 Å². The first-order chi connectivity index (χ1) is 14.6. The molecular weight excluding hydrogens is 378 g/mol. The summed E-state index contributed by atoms with van der Waals surface area (Å²) in [6.45, 7) is 5.54. The lowest BCUT2D eigenvalue weighted by atomic mass is 9.72. The molecule has 5 rings (SSSR count). The van der Waals surface area contributed by atoms with Crippen LogP contribution in [0.1, 0.15) is 68.1 Å². The van der Waals surface area contributed by atoms with Crippen molar-refractivity contribution in [1.82, 2.24) is 25.3 Å². The number of carbonyl (C=O) groups is 2. The van der Waals surface area contributed by atoms with Crippen LogP contribution in [-0.4, -0.2) is 70.1 Å². The molecule has 3 aliphatic heterocycles. The van der Waals surface area contributed by atoms with Crippen LogP contribution >= 0.6 is 0 Å². The molecule has 1 aromatic rings. The maximum absolute atomic E-state index is 13.2. The van der Waals surface area contributed by atoms with Gasteiger partial charge in [0, 0.05) is 43.3 Å². The van der Waals surface area contributed by atoms with Crippen molar-refractivity contribution in [1.29, 1.82) is 0 Å². The van der Waals surface area contributed by atoms with E-state index in [9.17, 15) is 9.59 Å². The minimum absolute atomic E-state index is 0.0576. The summed E-state index contributed by atoms with van der Waals surface area (Å²) in [7, 11) is 0. The van der Waals surface area contributed by atoms with Gasteiger partial charge >= 0.3 is 0 Å². The molecule has 4 atom stereocenters. The monoisotopic (exact) mass is 413 g/mol. The third kappa shape index (κ3) is 3.66. The summed E-state index contributed by atoms with van der Waals surface area (Å²) in [5.41, 5.74) is 1.55. The van der Waals surface area contributed by atoms with Crippen molar-refractivity contribution < 1.29 is 9.59 Å². The molecule has 2 amide bonds. The van der Waals surface area contributed by atoms with Crippen LogP contribution in [0.25, 0.3) is 0 Å². The van der Waals surface area contributed by atoms with Crippen molar-refractivity contribution in [2.45, 2.75) is 70.4 Å². The topological polar surface area (TPSA) is 81.3 Å². The maximum atomic E-state index is 13.2. The van der Waals surface area contributed by atoms with Gasteiger partial charge in [0.2, 0.25) is 5.91 Å². The zero-order valence-corrected chi connectivity index (χ0v) is 18.1. The van der Waals surface area contributed by atoms with Gasteiger partial charge in [-0.1, -0.05) is 19.8 Å². The Hall–Kier alpha value is -1.89. The van der Waals surface area contributed by atoms with E-state index in [4.69, 9.17) is 0 Å². The van der Waals surface area contributed by atoms with Crippen molar-refractivity contribution in [3.8, 4) is 0 Å².